The Kier molecular flexibility index (Phi) is 5.53. The first-order valence-electron chi connectivity index (χ1n) is 6.27. The number of aryl methyl sites for hydroxylation is 2. The lowest BCUT2D eigenvalue weighted by Gasteiger charge is -2.13. The summed E-state index contributed by atoms with van der Waals surface area (Å²) < 4.78 is 1.87. The van der Waals surface area contributed by atoms with E-state index in [-0.39, 0.29) is 0 Å². The van der Waals surface area contributed by atoms with Gasteiger partial charge in [0.1, 0.15) is 0 Å². The van der Waals surface area contributed by atoms with E-state index in [9.17, 15) is 0 Å². The first-order valence-corrected chi connectivity index (χ1v) is 6.27. The lowest BCUT2D eigenvalue weighted by atomic mass is 10.0. The molecule has 0 aliphatic rings. The van der Waals surface area contributed by atoms with Crippen LogP contribution in [-0.2, 0) is 13.5 Å². The summed E-state index contributed by atoms with van der Waals surface area (Å²) in [7, 11) is 1.97. The summed E-state index contributed by atoms with van der Waals surface area (Å²) in [6.45, 7) is 9.02. The number of rotatable bonds is 7. The summed E-state index contributed by atoms with van der Waals surface area (Å²) in [5.74, 6) is 1.46. The maximum absolute atomic E-state index is 4.39. The molecule has 1 unspecified atom stereocenters. The molecule has 92 valence electrons. The van der Waals surface area contributed by atoms with Crippen molar-refractivity contribution in [1.29, 1.82) is 0 Å². The van der Waals surface area contributed by atoms with Crippen LogP contribution >= 0.6 is 0 Å². The van der Waals surface area contributed by atoms with Crippen molar-refractivity contribution in [3.63, 3.8) is 0 Å². The predicted molar refractivity (Wildman–Crippen MR) is 68.4 cm³/mol. The molecule has 1 N–H and O–H groups in total. The fourth-order valence-corrected chi connectivity index (χ4v) is 1.71. The topological polar surface area (TPSA) is 29.9 Å². The molecule has 0 saturated heterocycles. The van der Waals surface area contributed by atoms with E-state index in [0.29, 0.717) is 0 Å². The van der Waals surface area contributed by atoms with Crippen LogP contribution in [-0.4, -0.2) is 22.9 Å². The van der Waals surface area contributed by atoms with E-state index in [4.69, 9.17) is 0 Å². The van der Waals surface area contributed by atoms with Crippen molar-refractivity contribution in [2.24, 2.45) is 18.9 Å². The van der Waals surface area contributed by atoms with Crippen LogP contribution in [0.5, 0.6) is 0 Å². The lowest BCUT2D eigenvalue weighted by molar-refractivity contribution is 0.452. The second-order valence-corrected chi connectivity index (χ2v) is 5.18. The van der Waals surface area contributed by atoms with Crippen LogP contribution < -0.4 is 5.32 Å². The maximum atomic E-state index is 4.39. The maximum Gasteiger partial charge on any atom is 0.0624 e. The Bertz CT molecular complexity index is 291. The van der Waals surface area contributed by atoms with E-state index >= 15 is 0 Å². The van der Waals surface area contributed by atoms with Crippen LogP contribution in [0.2, 0.25) is 0 Å². The minimum absolute atomic E-state index is 0.723. The van der Waals surface area contributed by atoms with Crippen LogP contribution in [0.15, 0.2) is 12.3 Å². The van der Waals surface area contributed by atoms with Gasteiger partial charge in [-0.1, -0.05) is 20.8 Å². The second-order valence-electron chi connectivity index (χ2n) is 5.18. The smallest absolute Gasteiger partial charge is 0.0624 e. The van der Waals surface area contributed by atoms with E-state index < -0.39 is 0 Å². The summed E-state index contributed by atoms with van der Waals surface area (Å²) in [5.41, 5.74) is 1.21. The number of nitrogens with zero attached hydrogens (tertiary/aromatic N) is 2. The van der Waals surface area contributed by atoms with Crippen LogP contribution in [0.25, 0.3) is 0 Å². The van der Waals surface area contributed by atoms with Crippen LogP contribution in [0.1, 0.15) is 32.9 Å². The van der Waals surface area contributed by atoms with Gasteiger partial charge in [-0.2, -0.15) is 5.10 Å². The van der Waals surface area contributed by atoms with Gasteiger partial charge in [-0.05, 0) is 43.8 Å². The van der Waals surface area contributed by atoms with Gasteiger partial charge in [0, 0.05) is 13.2 Å². The molecule has 1 aromatic rings. The summed E-state index contributed by atoms with van der Waals surface area (Å²) in [5, 5.41) is 7.89. The van der Waals surface area contributed by atoms with Gasteiger partial charge in [-0.3, -0.25) is 4.68 Å². The summed E-state index contributed by atoms with van der Waals surface area (Å²) in [4.78, 5) is 0. The van der Waals surface area contributed by atoms with Crippen molar-refractivity contribution in [3.8, 4) is 0 Å². The van der Waals surface area contributed by atoms with Crippen LogP contribution in [0, 0.1) is 11.8 Å². The minimum Gasteiger partial charge on any atom is -0.316 e. The molecule has 0 aromatic carbocycles. The highest BCUT2D eigenvalue weighted by molar-refractivity contribution is 4.98. The van der Waals surface area contributed by atoms with Crippen molar-refractivity contribution in [3.05, 3.63) is 18.0 Å². The molecule has 0 radical (unpaired) electrons. The molecule has 1 aromatic heterocycles. The van der Waals surface area contributed by atoms with Gasteiger partial charge >= 0.3 is 0 Å². The molecule has 1 atom stereocenters. The number of hydrogen-bond donors (Lipinski definition) is 1. The second kappa shape index (κ2) is 6.69. The molecule has 0 spiro atoms. The molecule has 0 aliphatic carbocycles. The molecule has 16 heavy (non-hydrogen) atoms. The largest absolute Gasteiger partial charge is 0.316 e. The SMILES string of the molecule is CC(C)CNCC(C)CCc1ccn(C)n1. The quantitative estimate of drug-likeness (QED) is 0.768. The first-order chi connectivity index (χ1) is 7.58. The van der Waals surface area contributed by atoms with E-state index in [1.54, 1.807) is 0 Å². The molecular formula is C13H25N3. The third-order valence-corrected chi connectivity index (χ3v) is 2.71. The number of hydrogen-bond acceptors (Lipinski definition) is 2. The van der Waals surface area contributed by atoms with E-state index in [1.807, 2.05) is 17.9 Å². The van der Waals surface area contributed by atoms with Crippen molar-refractivity contribution in [2.75, 3.05) is 13.1 Å². The highest BCUT2D eigenvalue weighted by atomic mass is 15.2. The molecule has 0 fully saturated rings. The molecule has 3 nitrogen and oxygen atoms in total. The molecule has 3 heteroatoms. The molecule has 1 heterocycles. The van der Waals surface area contributed by atoms with Crippen LogP contribution in [0.4, 0.5) is 0 Å². The molecule has 0 saturated carbocycles. The summed E-state index contributed by atoms with van der Waals surface area (Å²) in [6.07, 6.45) is 4.31. The Labute approximate surface area is 99.2 Å². The van der Waals surface area contributed by atoms with Crippen molar-refractivity contribution < 1.29 is 0 Å². The zero-order valence-electron chi connectivity index (χ0n) is 11.0. The number of aromatic nitrogens is 2. The Hall–Kier alpha value is -0.830. The number of nitrogens with one attached hydrogen (secondary N) is 1. The molecule has 0 bridgehead atoms. The van der Waals surface area contributed by atoms with Gasteiger partial charge in [-0.15, -0.1) is 0 Å². The molecule has 1 rings (SSSR count). The minimum atomic E-state index is 0.723. The zero-order chi connectivity index (χ0) is 12.0. The highest BCUT2D eigenvalue weighted by Crippen LogP contribution is 2.07. The average Bonchev–Trinajstić information content (AvgIpc) is 2.61. The van der Waals surface area contributed by atoms with Gasteiger partial charge in [0.05, 0.1) is 5.69 Å². The standard InChI is InChI=1S/C13H25N3/c1-11(2)9-14-10-12(3)5-6-13-7-8-16(4)15-13/h7-8,11-12,14H,5-6,9-10H2,1-4H3. The third kappa shape index (κ3) is 5.31. The van der Waals surface area contributed by atoms with Crippen molar-refractivity contribution in [2.45, 2.75) is 33.6 Å². The Morgan fingerprint density at radius 3 is 2.62 bits per heavy atom. The Balaban J connectivity index is 2.12. The fourth-order valence-electron chi connectivity index (χ4n) is 1.71. The van der Waals surface area contributed by atoms with Gasteiger partial charge in [0.25, 0.3) is 0 Å². The predicted octanol–water partition coefficient (Wildman–Crippen LogP) is 2.23. The van der Waals surface area contributed by atoms with Gasteiger partial charge in [-0.25, -0.2) is 0 Å². The van der Waals surface area contributed by atoms with Crippen molar-refractivity contribution >= 4 is 0 Å². The van der Waals surface area contributed by atoms with Crippen LogP contribution in [0.3, 0.4) is 0 Å². The fraction of sp³-hybridized carbons (Fsp3) is 0.769. The van der Waals surface area contributed by atoms with E-state index in [0.717, 1.165) is 31.3 Å². The highest BCUT2D eigenvalue weighted by Gasteiger charge is 2.04. The van der Waals surface area contributed by atoms with E-state index in [1.165, 1.54) is 12.1 Å². The first kappa shape index (κ1) is 13.2. The normalized spacial score (nSPS) is 13.3. The van der Waals surface area contributed by atoms with E-state index in [2.05, 4.69) is 37.3 Å². The molecule has 0 amide bonds. The molecular weight excluding hydrogens is 198 g/mol. The summed E-state index contributed by atoms with van der Waals surface area (Å²) in [6, 6.07) is 2.11. The van der Waals surface area contributed by atoms with Gasteiger partial charge in [0.2, 0.25) is 0 Å². The monoisotopic (exact) mass is 223 g/mol. The average molecular weight is 223 g/mol. The Morgan fingerprint density at radius 1 is 1.31 bits per heavy atom. The lowest BCUT2D eigenvalue weighted by Crippen LogP contribution is -2.25. The Morgan fingerprint density at radius 2 is 2.06 bits per heavy atom. The third-order valence-electron chi connectivity index (χ3n) is 2.71. The van der Waals surface area contributed by atoms with Gasteiger partial charge < -0.3 is 5.32 Å². The molecule has 0 aliphatic heterocycles. The summed E-state index contributed by atoms with van der Waals surface area (Å²) >= 11 is 0. The van der Waals surface area contributed by atoms with Crippen molar-refractivity contribution in [1.82, 2.24) is 15.1 Å². The zero-order valence-corrected chi connectivity index (χ0v) is 11.0. The van der Waals surface area contributed by atoms with Gasteiger partial charge in [0.15, 0.2) is 0 Å².